The van der Waals surface area contributed by atoms with E-state index in [0.717, 1.165) is 62.0 Å². The fraction of sp³-hybridized carbons (Fsp3) is 0.250. The Kier molecular flexibility index (Phi) is 5.07. The Morgan fingerprint density at radius 3 is 2.24 bits per heavy atom. The minimum Gasteiger partial charge on any atom is -0.468 e. The van der Waals surface area contributed by atoms with Crippen molar-refractivity contribution in [3.05, 3.63) is 84.6 Å². The molecule has 0 amide bonds. The maximum absolute atomic E-state index is 5.46. The topological polar surface area (TPSA) is 45.4 Å². The van der Waals surface area contributed by atoms with Crippen molar-refractivity contribution in [2.75, 3.05) is 26.2 Å². The molecule has 0 spiro atoms. The van der Waals surface area contributed by atoms with Crippen LogP contribution < -0.4 is 0 Å². The highest BCUT2D eigenvalue weighted by molar-refractivity contribution is 5.94. The lowest BCUT2D eigenvalue weighted by molar-refractivity contribution is 0.116. The van der Waals surface area contributed by atoms with Gasteiger partial charge in [0.15, 0.2) is 5.82 Å². The molecule has 1 fully saturated rings. The van der Waals surface area contributed by atoms with E-state index in [2.05, 4.69) is 62.2 Å². The molecule has 5 rings (SSSR count). The van der Waals surface area contributed by atoms with Crippen LogP contribution in [0.1, 0.15) is 11.3 Å². The first-order chi connectivity index (χ1) is 14.3. The van der Waals surface area contributed by atoms with Crippen molar-refractivity contribution in [2.45, 2.75) is 13.1 Å². The van der Waals surface area contributed by atoms with Crippen molar-refractivity contribution >= 4 is 10.8 Å². The third-order valence-corrected chi connectivity index (χ3v) is 5.57. The van der Waals surface area contributed by atoms with Gasteiger partial charge < -0.3 is 4.42 Å². The fourth-order valence-electron chi connectivity index (χ4n) is 3.98. The molecule has 1 aliphatic rings. The average molecular weight is 384 g/mol. The van der Waals surface area contributed by atoms with E-state index in [9.17, 15) is 0 Å². The minimum absolute atomic E-state index is 0.786. The molecule has 3 heterocycles. The Balaban J connectivity index is 1.22. The average Bonchev–Trinajstić information content (AvgIpc) is 3.28. The van der Waals surface area contributed by atoms with Crippen LogP contribution in [0.15, 0.2) is 77.7 Å². The van der Waals surface area contributed by atoms with Crippen molar-refractivity contribution in [1.29, 1.82) is 0 Å². The normalized spacial score (nSPS) is 15.7. The second-order valence-corrected chi connectivity index (χ2v) is 7.57. The van der Waals surface area contributed by atoms with Gasteiger partial charge in [-0.05, 0) is 22.9 Å². The van der Waals surface area contributed by atoms with Gasteiger partial charge in [0.1, 0.15) is 5.76 Å². The molecule has 0 unspecified atom stereocenters. The van der Waals surface area contributed by atoms with Gasteiger partial charge in [0, 0.05) is 56.2 Å². The van der Waals surface area contributed by atoms with Crippen LogP contribution in [0, 0.1) is 0 Å². The van der Waals surface area contributed by atoms with Crippen LogP contribution >= 0.6 is 0 Å². The van der Waals surface area contributed by atoms with Crippen LogP contribution in [0.2, 0.25) is 0 Å². The molecule has 2 aromatic carbocycles. The summed E-state index contributed by atoms with van der Waals surface area (Å²) in [5, 5.41) is 2.40. The summed E-state index contributed by atoms with van der Waals surface area (Å²) >= 11 is 0. The standard InChI is InChI=1S/C24H24N4O/c1-2-8-22-20(5-1)6-3-9-23(22)24-25-15-19(16-26-24)17-27-10-12-28(13-11-27)18-21-7-4-14-29-21/h1-9,14-16H,10-13,17-18H2. The summed E-state index contributed by atoms with van der Waals surface area (Å²) in [6, 6.07) is 18.7. The van der Waals surface area contributed by atoms with Crippen LogP contribution in [0.25, 0.3) is 22.2 Å². The fourth-order valence-corrected chi connectivity index (χ4v) is 3.98. The number of nitrogens with zero attached hydrogens (tertiary/aromatic N) is 4. The Bertz CT molecular complexity index is 1060. The zero-order valence-electron chi connectivity index (χ0n) is 16.4. The summed E-state index contributed by atoms with van der Waals surface area (Å²) in [6.45, 7) is 5.98. The lowest BCUT2D eigenvalue weighted by atomic mass is 10.0. The van der Waals surface area contributed by atoms with E-state index in [1.807, 2.05) is 24.5 Å². The predicted octanol–water partition coefficient (Wildman–Crippen LogP) is 4.21. The summed E-state index contributed by atoms with van der Waals surface area (Å²) < 4.78 is 5.46. The van der Waals surface area contributed by atoms with Crippen molar-refractivity contribution in [3.8, 4) is 11.4 Å². The van der Waals surface area contributed by atoms with Crippen LogP contribution in [0.4, 0.5) is 0 Å². The smallest absolute Gasteiger partial charge is 0.159 e. The van der Waals surface area contributed by atoms with Crippen molar-refractivity contribution in [1.82, 2.24) is 19.8 Å². The molecule has 0 N–H and O–H groups in total. The number of piperazine rings is 1. The Morgan fingerprint density at radius 1 is 0.759 bits per heavy atom. The number of benzene rings is 2. The predicted molar refractivity (Wildman–Crippen MR) is 114 cm³/mol. The highest BCUT2D eigenvalue weighted by atomic mass is 16.3. The Labute approximate surface area is 170 Å². The first kappa shape index (κ1) is 18.0. The molecule has 29 heavy (non-hydrogen) atoms. The molecule has 0 atom stereocenters. The van der Waals surface area contributed by atoms with Crippen molar-refractivity contribution in [2.24, 2.45) is 0 Å². The molecular weight excluding hydrogens is 360 g/mol. The molecule has 0 aliphatic carbocycles. The SMILES string of the molecule is c1coc(CN2CCN(Cc3cnc(-c4cccc5ccccc45)nc3)CC2)c1. The number of fused-ring (bicyclic) bond motifs is 1. The summed E-state index contributed by atoms with van der Waals surface area (Å²) in [6.07, 6.45) is 5.69. The molecule has 5 nitrogen and oxygen atoms in total. The maximum Gasteiger partial charge on any atom is 0.159 e. The molecule has 0 saturated carbocycles. The summed E-state index contributed by atoms with van der Waals surface area (Å²) in [5.74, 6) is 1.82. The molecule has 1 aliphatic heterocycles. The molecular formula is C24H24N4O. The second-order valence-electron chi connectivity index (χ2n) is 7.57. The summed E-state index contributed by atoms with van der Waals surface area (Å²) in [5.41, 5.74) is 2.25. The van der Waals surface area contributed by atoms with Crippen LogP contribution in [-0.4, -0.2) is 45.9 Å². The molecule has 5 heteroatoms. The van der Waals surface area contributed by atoms with E-state index >= 15 is 0 Å². The highest BCUT2D eigenvalue weighted by Crippen LogP contribution is 2.25. The monoisotopic (exact) mass is 384 g/mol. The number of hydrogen-bond donors (Lipinski definition) is 0. The third-order valence-electron chi connectivity index (χ3n) is 5.57. The van der Waals surface area contributed by atoms with Gasteiger partial charge in [0.05, 0.1) is 12.8 Å². The van der Waals surface area contributed by atoms with Gasteiger partial charge in [0.25, 0.3) is 0 Å². The Morgan fingerprint density at radius 2 is 1.48 bits per heavy atom. The van der Waals surface area contributed by atoms with Crippen molar-refractivity contribution in [3.63, 3.8) is 0 Å². The number of rotatable bonds is 5. The van der Waals surface area contributed by atoms with E-state index in [1.165, 1.54) is 10.8 Å². The maximum atomic E-state index is 5.46. The van der Waals surface area contributed by atoms with Gasteiger partial charge in [-0.3, -0.25) is 9.80 Å². The second kappa shape index (κ2) is 8.15. The summed E-state index contributed by atoms with van der Waals surface area (Å²) in [7, 11) is 0. The molecule has 4 aromatic rings. The lowest BCUT2D eigenvalue weighted by Gasteiger charge is -2.34. The molecule has 1 saturated heterocycles. The van der Waals surface area contributed by atoms with Gasteiger partial charge in [-0.15, -0.1) is 0 Å². The first-order valence-electron chi connectivity index (χ1n) is 10.1. The van der Waals surface area contributed by atoms with Gasteiger partial charge >= 0.3 is 0 Å². The van der Waals surface area contributed by atoms with Crippen LogP contribution in [0.5, 0.6) is 0 Å². The van der Waals surface area contributed by atoms with Crippen LogP contribution in [-0.2, 0) is 13.1 Å². The van der Waals surface area contributed by atoms with Gasteiger partial charge in [-0.25, -0.2) is 9.97 Å². The highest BCUT2D eigenvalue weighted by Gasteiger charge is 2.18. The molecule has 146 valence electrons. The number of aromatic nitrogens is 2. The van der Waals surface area contributed by atoms with E-state index in [1.54, 1.807) is 6.26 Å². The van der Waals surface area contributed by atoms with E-state index in [4.69, 9.17) is 4.42 Å². The lowest BCUT2D eigenvalue weighted by Crippen LogP contribution is -2.45. The minimum atomic E-state index is 0.786. The zero-order valence-corrected chi connectivity index (χ0v) is 16.4. The van der Waals surface area contributed by atoms with Gasteiger partial charge in [0.2, 0.25) is 0 Å². The van der Waals surface area contributed by atoms with E-state index < -0.39 is 0 Å². The first-order valence-corrected chi connectivity index (χ1v) is 10.1. The van der Waals surface area contributed by atoms with Gasteiger partial charge in [-0.1, -0.05) is 42.5 Å². The number of hydrogen-bond acceptors (Lipinski definition) is 5. The number of furan rings is 1. The van der Waals surface area contributed by atoms with E-state index in [-0.39, 0.29) is 0 Å². The van der Waals surface area contributed by atoms with E-state index in [0.29, 0.717) is 0 Å². The molecule has 2 aromatic heterocycles. The van der Waals surface area contributed by atoms with Crippen molar-refractivity contribution < 1.29 is 4.42 Å². The molecule has 0 radical (unpaired) electrons. The molecule has 0 bridgehead atoms. The quantitative estimate of drug-likeness (QED) is 0.516. The zero-order chi connectivity index (χ0) is 19.5. The van der Waals surface area contributed by atoms with Gasteiger partial charge in [-0.2, -0.15) is 0 Å². The van der Waals surface area contributed by atoms with Crippen LogP contribution in [0.3, 0.4) is 0 Å². The summed E-state index contributed by atoms with van der Waals surface area (Å²) in [4.78, 5) is 14.2. The third kappa shape index (κ3) is 4.06. The largest absolute Gasteiger partial charge is 0.468 e. The Hall–Kier alpha value is -3.02.